The zero-order valence-electron chi connectivity index (χ0n) is 14.4. The lowest BCUT2D eigenvalue weighted by Gasteiger charge is -2.06. The van der Waals surface area contributed by atoms with Crippen LogP contribution >= 0.6 is 0 Å². The summed E-state index contributed by atoms with van der Waals surface area (Å²) >= 11 is 0. The maximum absolute atomic E-state index is 13.5. The predicted molar refractivity (Wildman–Crippen MR) is 91.4 cm³/mol. The van der Waals surface area contributed by atoms with Gasteiger partial charge in [-0.3, -0.25) is 4.79 Å². The molecule has 6 nitrogen and oxygen atoms in total. The number of benzene rings is 2. The minimum Gasteiger partial charge on any atom is -0.354 e. The molecule has 0 aliphatic carbocycles. The Bertz CT molecular complexity index is 970. The van der Waals surface area contributed by atoms with Gasteiger partial charge in [0, 0.05) is 12.1 Å². The molecule has 0 fully saturated rings. The molecule has 1 amide bonds. The lowest BCUT2D eigenvalue weighted by atomic mass is 10.1. The van der Waals surface area contributed by atoms with E-state index < -0.39 is 17.6 Å². The van der Waals surface area contributed by atoms with Crippen molar-refractivity contribution in [1.82, 2.24) is 25.5 Å². The van der Waals surface area contributed by atoms with Gasteiger partial charge >= 0.3 is 6.18 Å². The molecule has 1 aromatic heterocycles. The number of rotatable bonds is 6. The van der Waals surface area contributed by atoms with Crippen molar-refractivity contribution < 1.29 is 22.4 Å². The van der Waals surface area contributed by atoms with Crippen molar-refractivity contribution in [2.24, 2.45) is 0 Å². The molecular weight excluding hydrogens is 378 g/mol. The van der Waals surface area contributed by atoms with E-state index in [1.807, 2.05) is 0 Å². The largest absolute Gasteiger partial charge is 0.416 e. The number of hydrogen-bond acceptors (Lipinski definition) is 4. The number of hydrogen-bond donors (Lipinski definition) is 1. The zero-order valence-corrected chi connectivity index (χ0v) is 14.4. The number of aromatic nitrogens is 4. The van der Waals surface area contributed by atoms with E-state index in [4.69, 9.17) is 0 Å². The van der Waals surface area contributed by atoms with Gasteiger partial charge < -0.3 is 5.32 Å². The van der Waals surface area contributed by atoms with E-state index in [-0.39, 0.29) is 30.3 Å². The molecule has 0 radical (unpaired) electrons. The second-order valence-electron chi connectivity index (χ2n) is 5.91. The summed E-state index contributed by atoms with van der Waals surface area (Å²) in [5.41, 5.74) is -0.207. The van der Waals surface area contributed by atoms with Crippen molar-refractivity contribution >= 4 is 5.91 Å². The maximum atomic E-state index is 13.5. The van der Waals surface area contributed by atoms with Gasteiger partial charge in [0.2, 0.25) is 11.7 Å². The second kappa shape index (κ2) is 8.15. The number of tetrazole rings is 1. The van der Waals surface area contributed by atoms with Crippen molar-refractivity contribution in [2.45, 2.75) is 19.1 Å². The number of nitrogens with one attached hydrogen (secondary N) is 1. The summed E-state index contributed by atoms with van der Waals surface area (Å²) in [6.45, 7) is -0.0435. The lowest BCUT2D eigenvalue weighted by Crippen LogP contribution is -2.30. The molecule has 0 saturated heterocycles. The Kier molecular flexibility index (Phi) is 5.67. The molecule has 146 valence electrons. The van der Waals surface area contributed by atoms with Gasteiger partial charge in [0.1, 0.15) is 12.4 Å². The molecule has 0 bridgehead atoms. The van der Waals surface area contributed by atoms with Crippen molar-refractivity contribution in [3.05, 3.63) is 65.5 Å². The second-order valence-corrected chi connectivity index (χ2v) is 5.91. The molecule has 0 saturated carbocycles. The molecule has 28 heavy (non-hydrogen) atoms. The van der Waals surface area contributed by atoms with E-state index in [0.717, 1.165) is 16.9 Å². The highest BCUT2D eigenvalue weighted by molar-refractivity contribution is 5.75. The highest BCUT2D eigenvalue weighted by Gasteiger charge is 2.30. The average molecular weight is 393 g/mol. The van der Waals surface area contributed by atoms with Gasteiger partial charge in [0.05, 0.1) is 5.56 Å². The van der Waals surface area contributed by atoms with Crippen LogP contribution < -0.4 is 5.32 Å². The molecule has 0 atom stereocenters. The minimum atomic E-state index is -4.48. The van der Waals surface area contributed by atoms with Crippen LogP contribution in [-0.2, 0) is 23.9 Å². The van der Waals surface area contributed by atoms with Crippen molar-refractivity contribution in [3.63, 3.8) is 0 Å². The summed E-state index contributed by atoms with van der Waals surface area (Å²) < 4.78 is 51.9. The Morgan fingerprint density at radius 2 is 1.89 bits per heavy atom. The third kappa shape index (κ3) is 4.90. The standard InChI is InChI=1S/C18H15F4N5O/c19-15-7-2-1-4-12(15)8-9-23-16(28)11-27-25-17(24-26-27)13-5-3-6-14(10-13)18(20,21)22/h1-7,10H,8-9,11H2,(H,23,28). The lowest BCUT2D eigenvalue weighted by molar-refractivity contribution is -0.137. The first-order chi connectivity index (χ1) is 13.3. The van der Waals surface area contributed by atoms with Crippen LogP contribution in [0.4, 0.5) is 17.6 Å². The van der Waals surface area contributed by atoms with Gasteiger partial charge in [-0.2, -0.15) is 18.0 Å². The highest BCUT2D eigenvalue weighted by Crippen LogP contribution is 2.31. The SMILES string of the molecule is O=C(Cn1nnc(-c2cccc(C(F)(F)F)c2)n1)NCCc1ccccc1F. The van der Waals surface area contributed by atoms with Gasteiger partial charge in [-0.1, -0.05) is 30.3 Å². The predicted octanol–water partition coefficient (Wildman–Crippen LogP) is 2.86. The summed E-state index contributed by atoms with van der Waals surface area (Å²) in [7, 11) is 0. The molecule has 1 N–H and O–H groups in total. The summed E-state index contributed by atoms with van der Waals surface area (Å²) in [6.07, 6.45) is -4.16. The first-order valence-electron chi connectivity index (χ1n) is 8.28. The fourth-order valence-electron chi connectivity index (χ4n) is 2.48. The van der Waals surface area contributed by atoms with Crippen molar-refractivity contribution in [2.75, 3.05) is 6.54 Å². The number of halogens is 4. The molecular formula is C18H15F4N5O. The summed E-state index contributed by atoms with van der Waals surface area (Å²) in [4.78, 5) is 12.9. The van der Waals surface area contributed by atoms with Crippen LogP contribution in [0.15, 0.2) is 48.5 Å². The maximum Gasteiger partial charge on any atom is 0.416 e. The van der Waals surface area contributed by atoms with Gasteiger partial charge in [-0.05, 0) is 35.4 Å². The van der Waals surface area contributed by atoms with Gasteiger partial charge in [-0.25, -0.2) is 4.39 Å². The number of carbonyl (C=O) groups excluding carboxylic acids is 1. The molecule has 0 aliphatic rings. The van der Waals surface area contributed by atoms with Crippen LogP contribution in [0.25, 0.3) is 11.4 Å². The van der Waals surface area contributed by atoms with Crippen molar-refractivity contribution in [1.29, 1.82) is 0 Å². The van der Waals surface area contributed by atoms with Crippen LogP contribution in [-0.4, -0.2) is 32.7 Å². The van der Waals surface area contributed by atoms with Crippen LogP contribution in [0.3, 0.4) is 0 Å². The Hall–Kier alpha value is -3.30. The number of alkyl halides is 3. The molecule has 0 unspecified atom stereocenters. The van der Waals surface area contributed by atoms with Crippen LogP contribution in [0.2, 0.25) is 0 Å². The minimum absolute atomic E-state index is 0.0229. The Balaban J connectivity index is 1.57. The Morgan fingerprint density at radius 3 is 2.64 bits per heavy atom. The summed E-state index contributed by atoms with van der Waals surface area (Å²) in [6, 6.07) is 10.8. The van der Waals surface area contributed by atoms with E-state index in [9.17, 15) is 22.4 Å². The van der Waals surface area contributed by atoms with E-state index in [1.54, 1.807) is 18.2 Å². The average Bonchev–Trinajstić information content (AvgIpc) is 3.11. The molecule has 0 spiro atoms. The third-order valence-corrected chi connectivity index (χ3v) is 3.86. The quantitative estimate of drug-likeness (QED) is 0.654. The molecule has 3 rings (SSSR count). The Labute approximate surface area is 157 Å². The molecule has 3 aromatic rings. The molecule has 0 aliphatic heterocycles. The zero-order chi connectivity index (χ0) is 20.1. The van der Waals surface area contributed by atoms with E-state index in [1.165, 1.54) is 18.2 Å². The van der Waals surface area contributed by atoms with Gasteiger partial charge in [0.15, 0.2) is 0 Å². The number of carbonyl (C=O) groups is 1. The number of amides is 1. The summed E-state index contributed by atoms with van der Waals surface area (Å²) in [5, 5.41) is 13.9. The first kappa shape index (κ1) is 19.5. The fraction of sp³-hybridized carbons (Fsp3) is 0.222. The Morgan fingerprint density at radius 1 is 1.11 bits per heavy atom. The molecule has 1 heterocycles. The molecule has 10 heteroatoms. The fourth-order valence-corrected chi connectivity index (χ4v) is 2.48. The van der Waals surface area contributed by atoms with E-state index >= 15 is 0 Å². The topological polar surface area (TPSA) is 72.7 Å². The smallest absolute Gasteiger partial charge is 0.354 e. The van der Waals surface area contributed by atoms with Crippen molar-refractivity contribution in [3.8, 4) is 11.4 Å². The summed E-state index contributed by atoms with van der Waals surface area (Å²) in [5.74, 6) is -0.796. The monoisotopic (exact) mass is 393 g/mol. The van der Waals surface area contributed by atoms with E-state index in [0.29, 0.717) is 12.0 Å². The van der Waals surface area contributed by atoms with E-state index in [2.05, 4.69) is 20.7 Å². The van der Waals surface area contributed by atoms with Gasteiger partial charge in [-0.15, -0.1) is 10.2 Å². The number of nitrogens with zero attached hydrogens (tertiary/aromatic N) is 4. The van der Waals surface area contributed by atoms with Crippen LogP contribution in [0, 0.1) is 5.82 Å². The van der Waals surface area contributed by atoms with Crippen LogP contribution in [0.5, 0.6) is 0 Å². The van der Waals surface area contributed by atoms with Crippen LogP contribution in [0.1, 0.15) is 11.1 Å². The highest BCUT2D eigenvalue weighted by atomic mass is 19.4. The first-order valence-corrected chi connectivity index (χ1v) is 8.28. The third-order valence-electron chi connectivity index (χ3n) is 3.86. The normalized spacial score (nSPS) is 11.4. The van der Waals surface area contributed by atoms with Gasteiger partial charge in [0.25, 0.3) is 0 Å². The molecule has 2 aromatic carbocycles.